The number of hydrazine groups is 1. The standard InChI is InChI=1S/C41H52N8O6/c1-24(2)35(46-40(52)54-5)39(51)48-21-9-12-34(48)37-43-23-33(45-37)29-19-15-27(16-20-29)26-13-17-28(18-14-26)32-22-42-36(44-32)30-10-7-8-11-31(30)38(50)49(25(3)4)47-41(53)55-6/h13-20,22-25,30-31,34-35H,7-12,21H2,1-6H3,(H,42,44)(H,43,45)(H,46,52)(H,47,53)/t30-,31-,34-,35-/m0/s1. The molecule has 0 bridgehead atoms. The fraction of sp³-hybridized carbons (Fsp3) is 0.463. The molecule has 55 heavy (non-hydrogen) atoms. The number of carbonyl (C=O) groups is 4. The molecule has 4 amide bonds. The lowest BCUT2D eigenvalue weighted by molar-refractivity contribution is -0.142. The number of methoxy groups -OCH3 is 2. The van der Waals surface area contributed by atoms with Crippen LogP contribution in [0.3, 0.4) is 0 Å². The first-order valence-electron chi connectivity index (χ1n) is 19.1. The molecular weight excluding hydrogens is 701 g/mol. The predicted octanol–water partition coefficient (Wildman–Crippen LogP) is 6.96. The second-order valence-electron chi connectivity index (χ2n) is 15.0. The minimum atomic E-state index is -0.687. The Bertz CT molecular complexity index is 1950. The van der Waals surface area contributed by atoms with Gasteiger partial charge in [-0.3, -0.25) is 9.59 Å². The molecule has 1 saturated carbocycles. The van der Waals surface area contributed by atoms with Crippen LogP contribution in [0.15, 0.2) is 60.9 Å². The average molecular weight is 753 g/mol. The van der Waals surface area contributed by atoms with Crippen molar-refractivity contribution in [1.29, 1.82) is 0 Å². The van der Waals surface area contributed by atoms with Gasteiger partial charge in [-0.15, -0.1) is 0 Å². The second-order valence-corrected chi connectivity index (χ2v) is 15.0. The molecule has 4 N–H and O–H groups in total. The number of amides is 4. The van der Waals surface area contributed by atoms with Crippen molar-refractivity contribution in [3.05, 3.63) is 72.6 Å². The molecule has 14 heteroatoms. The van der Waals surface area contributed by atoms with Gasteiger partial charge in [0.15, 0.2) is 0 Å². The van der Waals surface area contributed by atoms with Gasteiger partial charge >= 0.3 is 12.2 Å². The summed E-state index contributed by atoms with van der Waals surface area (Å²) in [7, 11) is 2.57. The van der Waals surface area contributed by atoms with Gasteiger partial charge in [-0.05, 0) is 67.7 Å². The van der Waals surface area contributed by atoms with Crippen LogP contribution in [0.5, 0.6) is 0 Å². The molecule has 4 aromatic rings. The van der Waals surface area contributed by atoms with Gasteiger partial charge in [0.05, 0.1) is 44.0 Å². The van der Waals surface area contributed by atoms with Gasteiger partial charge < -0.3 is 29.7 Å². The molecule has 6 rings (SSSR count). The molecule has 4 atom stereocenters. The number of carbonyl (C=O) groups excluding carboxylic acids is 4. The Kier molecular flexibility index (Phi) is 12.2. The van der Waals surface area contributed by atoms with E-state index >= 15 is 0 Å². The van der Waals surface area contributed by atoms with Gasteiger partial charge in [0, 0.05) is 24.4 Å². The number of imidazole rings is 2. The molecule has 2 aromatic heterocycles. The van der Waals surface area contributed by atoms with Crippen molar-refractivity contribution in [3.63, 3.8) is 0 Å². The van der Waals surface area contributed by atoms with E-state index in [0.717, 1.165) is 83.8 Å². The zero-order chi connectivity index (χ0) is 39.2. The quantitative estimate of drug-likeness (QED) is 0.126. The summed E-state index contributed by atoms with van der Waals surface area (Å²) in [5.41, 5.74) is 8.40. The van der Waals surface area contributed by atoms with Gasteiger partial charge in [-0.2, -0.15) is 0 Å². The number of nitrogens with one attached hydrogen (secondary N) is 4. The third kappa shape index (κ3) is 8.68. The molecule has 2 fully saturated rings. The highest BCUT2D eigenvalue weighted by molar-refractivity contribution is 5.86. The van der Waals surface area contributed by atoms with Crippen LogP contribution in [0.1, 0.15) is 89.8 Å². The van der Waals surface area contributed by atoms with Crippen LogP contribution < -0.4 is 10.7 Å². The second kappa shape index (κ2) is 17.2. The molecule has 14 nitrogen and oxygen atoms in total. The molecule has 1 aliphatic heterocycles. The van der Waals surface area contributed by atoms with Crippen molar-refractivity contribution in [3.8, 4) is 33.6 Å². The first-order valence-corrected chi connectivity index (χ1v) is 19.1. The molecule has 0 unspecified atom stereocenters. The molecule has 292 valence electrons. The van der Waals surface area contributed by atoms with Crippen LogP contribution in [0.4, 0.5) is 9.59 Å². The normalized spacial score (nSPS) is 18.9. The Morgan fingerprint density at radius 1 is 0.745 bits per heavy atom. The Morgan fingerprint density at radius 3 is 1.85 bits per heavy atom. The number of nitrogens with zero attached hydrogens (tertiary/aromatic N) is 4. The zero-order valence-electron chi connectivity index (χ0n) is 32.4. The highest BCUT2D eigenvalue weighted by Gasteiger charge is 2.39. The van der Waals surface area contributed by atoms with Gasteiger partial charge in [0.25, 0.3) is 0 Å². The van der Waals surface area contributed by atoms with E-state index < -0.39 is 18.2 Å². The summed E-state index contributed by atoms with van der Waals surface area (Å²) in [4.78, 5) is 69.3. The number of hydrogen-bond acceptors (Lipinski definition) is 8. The van der Waals surface area contributed by atoms with E-state index in [-0.39, 0.29) is 41.7 Å². The van der Waals surface area contributed by atoms with Crippen LogP contribution in [-0.2, 0) is 19.1 Å². The topological polar surface area (TPSA) is 175 Å². The van der Waals surface area contributed by atoms with E-state index in [4.69, 9.17) is 14.5 Å². The molecule has 2 aromatic carbocycles. The predicted molar refractivity (Wildman–Crippen MR) is 207 cm³/mol. The average Bonchev–Trinajstić information content (AvgIpc) is 4.00. The molecule has 1 saturated heterocycles. The number of aromatic nitrogens is 4. The lowest BCUT2D eigenvalue weighted by atomic mass is 9.78. The van der Waals surface area contributed by atoms with Crippen molar-refractivity contribution < 1.29 is 28.7 Å². The lowest BCUT2D eigenvalue weighted by Crippen LogP contribution is -2.53. The van der Waals surface area contributed by atoms with E-state index in [2.05, 4.69) is 74.2 Å². The van der Waals surface area contributed by atoms with E-state index in [1.54, 1.807) is 6.20 Å². The SMILES string of the molecule is COC(=O)N[C@H](C(=O)N1CCC[C@H]1c1ncc(-c2ccc(-c3ccc(-c4cnc([C@H]5CCCC[C@@H]5C(=O)N(NC(=O)OC)C(C)C)[nH]4)cc3)cc2)[nH]1)C(C)C. The number of alkyl carbamates (subject to hydrolysis) is 1. The third-order valence-corrected chi connectivity index (χ3v) is 10.7. The summed E-state index contributed by atoms with van der Waals surface area (Å²) in [5, 5.41) is 4.07. The van der Waals surface area contributed by atoms with Crippen molar-refractivity contribution in [2.24, 2.45) is 11.8 Å². The highest BCUT2D eigenvalue weighted by Crippen LogP contribution is 2.39. The first kappa shape index (κ1) is 39.0. The summed E-state index contributed by atoms with van der Waals surface area (Å²) in [6.45, 7) is 8.11. The van der Waals surface area contributed by atoms with Crippen LogP contribution in [0.2, 0.25) is 0 Å². The van der Waals surface area contributed by atoms with E-state index in [1.165, 1.54) is 19.2 Å². The van der Waals surface area contributed by atoms with Gasteiger partial charge in [-0.25, -0.2) is 30.0 Å². The summed E-state index contributed by atoms with van der Waals surface area (Å²) in [6, 6.07) is 15.4. The van der Waals surface area contributed by atoms with Gasteiger partial charge in [-0.1, -0.05) is 75.2 Å². The van der Waals surface area contributed by atoms with Crippen LogP contribution in [-0.4, -0.2) is 86.7 Å². The number of H-pyrrole nitrogens is 2. The summed E-state index contributed by atoms with van der Waals surface area (Å²) in [5.74, 6) is 0.718. The van der Waals surface area contributed by atoms with Crippen LogP contribution in [0, 0.1) is 11.8 Å². The minimum Gasteiger partial charge on any atom is -0.453 e. The van der Waals surface area contributed by atoms with Crippen molar-refractivity contribution in [1.82, 2.24) is 40.6 Å². The minimum absolute atomic E-state index is 0.0911. The Morgan fingerprint density at radius 2 is 1.29 bits per heavy atom. The monoisotopic (exact) mass is 752 g/mol. The summed E-state index contributed by atoms with van der Waals surface area (Å²) in [6.07, 6.45) is 7.45. The van der Waals surface area contributed by atoms with Crippen LogP contribution >= 0.6 is 0 Å². The van der Waals surface area contributed by atoms with E-state index in [1.807, 2.05) is 38.8 Å². The Hall–Kier alpha value is -5.66. The number of benzene rings is 2. The number of ether oxygens (including phenoxy) is 2. The number of rotatable bonds is 10. The Labute approximate surface area is 321 Å². The Balaban J connectivity index is 1.11. The van der Waals surface area contributed by atoms with E-state index in [9.17, 15) is 19.2 Å². The highest BCUT2D eigenvalue weighted by atomic mass is 16.5. The fourth-order valence-corrected chi connectivity index (χ4v) is 7.72. The lowest BCUT2D eigenvalue weighted by Gasteiger charge is -2.35. The maximum absolute atomic E-state index is 13.7. The summed E-state index contributed by atoms with van der Waals surface area (Å²) < 4.78 is 9.51. The zero-order valence-corrected chi connectivity index (χ0v) is 32.4. The molecule has 0 spiro atoms. The fourth-order valence-electron chi connectivity index (χ4n) is 7.72. The molecular formula is C41H52N8O6. The van der Waals surface area contributed by atoms with Gasteiger partial charge in [0.2, 0.25) is 11.8 Å². The number of likely N-dealkylation sites (tertiary alicyclic amines) is 1. The van der Waals surface area contributed by atoms with E-state index in [0.29, 0.717) is 6.54 Å². The van der Waals surface area contributed by atoms with Crippen LogP contribution in [0.25, 0.3) is 33.6 Å². The third-order valence-electron chi connectivity index (χ3n) is 10.7. The van der Waals surface area contributed by atoms with Gasteiger partial charge in [0.1, 0.15) is 17.7 Å². The number of aromatic amines is 2. The molecule has 2 aliphatic rings. The number of hydrogen-bond donors (Lipinski definition) is 4. The first-order chi connectivity index (χ1) is 26.5. The smallest absolute Gasteiger partial charge is 0.425 e. The van der Waals surface area contributed by atoms with Crippen molar-refractivity contribution in [2.75, 3.05) is 20.8 Å². The molecule has 0 radical (unpaired) electrons. The largest absolute Gasteiger partial charge is 0.453 e. The molecule has 3 heterocycles. The summed E-state index contributed by atoms with van der Waals surface area (Å²) >= 11 is 0. The van der Waals surface area contributed by atoms with Crippen molar-refractivity contribution >= 4 is 24.0 Å². The molecule has 1 aliphatic carbocycles. The maximum atomic E-state index is 13.7. The van der Waals surface area contributed by atoms with Crippen molar-refractivity contribution in [2.45, 2.75) is 90.3 Å². The maximum Gasteiger partial charge on any atom is 0.425 e.